The Bertz CT molecular complexity index is 1070. The molecule has 0 bridgehead atoms. The maximum absolute atomic E-state index is 13.2. The van der Waals surface area contributed by atoms with E-state index in [-0.39, 0.29) is 24.9 Å². The lowest BCUT2D eigenvalue weighted by Gasteiger charge is -2.36. The molecular formula is C21H24FN6O2+. The second-order valence-electron chi connectivity index (χ2n) is 7.76. The van der Waals surface area contributed by atoms with E-state index in [1.54, 1.807) is 18.6 Å². The smallest absolute Gasteiger partial charge is 0.282 e. The molecule has 2 aromatic heterocycles. The number of hydrogen-bond acceptors (Lipinski definition) is 4. The maximum Gasteiger partial charge on any atom is 0.282 e. The van der Waals surface area contributed by atoms with E-state index < -0.39 is 18.1 Å². The number of fused-ring (bicyclic) bond motifs is 1. The molecule has 9 heteroatoms. The summed E-state index contributed by atoms with van der Waals surface area (Å²) in [6, 6.07) is 10.5. The third kappa shape index (κ3) is 3.63. The molecule has 0 unspecified atom stereocenters. The number of carbonyl (C=O) groups excluding carboxylic acids is 2. The predicted molar refractivity (Wildman–Crippen MR) is 108 cm³/mol. The van der Waals surface area contributed by atoms with Crippen molar-refractivity contribution in [3.05, 3.63) is 54.5 Å². The summed E-state index contributed by atoms with van der Waals surface area (Å²) in [6.45, 7) is 0.134. The Morgan fingerprint density at radius 3 is 2.43 bits per heavy atom. The summed E-state index contributed by atoms with van der Waals surface area (Å²) in [5.41, 5.74) is 7.33. The highest BCUT2D eigenvalue weighted by Gasteiger charge is 2.42. The fourth-order valence-electron chi connectivity index (χ4n) is 3.68. The predicted octanol–water partition coefficient (Wildman–Crippen LogP) is 0.359. The van der Waals surface area contributed by atoms with Crippen molar-refractivity contribution in [2.24, 2.45) is 0 Å². The van der Waals surface area contributed by atoms with Crippen molar-refractivity contribution in [1.29, 1.82) is 0 Å². The third-order valence-electron chi connectivity index (χ3n) is 5.45. The number of hydrogen-bond donors (Lipinski definition) is 1. The highest BCUT2D eigenvalue weighted by Crippen LogP contribution is 2.27. The van der Waals surface area contributed by atoms with E-state index in [0.717, 1.165) is 16.8 Å². The van der Waals surface area contributed by atoms with E-state index >= 15 is 0 Å². The van der Waals surface area contributed by atoms with Gasteiger partial charge in [0.15, 0.2) is 11.7 Å². The van der Waals surface area contributed by atoms with Gasteiger partial charge in [0.2, 0.25) is 5.91 Å². The summed E-state index contributed by atoms with van der Waals surface area (Å²) in [5.74, 6) is -1.25. The van der Waals surface area contributed by atoms with Crippen LogP contribution in [0, 0.1) is 0 Å². The molecule has 3 heterocycles. The van der Waals surface area contributed by atoms with Crippen LogP contribution in [0.3, 0.4) is 0 Å². The molecular weight excluding hydrogens is 387 g/mol. The van der Waals surface area contributed by atoms with Crippen molar-refractivity contribution >= 4 is 17.5 Å². The Balaban J connectivity index is 1.61. The molecule has 1 saturated heterocycles. The van der Waals surface area contributed by atoms with E-state index in [4.69, 9.17) is 0 Å². The Hall–Kier alpha value is -3.33. The van der Waals surface area contributed by atoms with Gasteiger partial charge in [-0.2, -0.15) is 5.10 Å². The molecule has 0 saturated carbocycles. The zero-order valence-electron chi connectivity index (χ0n) is 16.9. The number of aromatic nitrogens is 3. The van der Waals surface area contributed by atoms with Crippen LogP contribution in [0.15, 0.2) is 48.9 Å². The second kappa shape index (κ2) is 7.83. The summed E-state index contributed by atoms with van der Waals surface area (Å²) in [5, 5.41) is 4.15. The van der Waals surface area contributed by atoms with Gasteiger partial charge in [0.25, 0.3) is 5.91 Å². The molecule has 0 aliphatic carbocycles. The molecule has 2 atom stereocenters. The maximum atomic E-state index is 13.2. The number of benzene rings is 1. The number of carbonyl (C=O) groups is 2. The third-order valence-corrected chi connectivity index (χ3v) is 5.45. The van der Waals surface area contributed by atoms with Gasteiger partial charge < -0.3 is 15.5 Å². The molecule has 0 radical (unpaired) electrons. The summed E-state index contributed by atoms with van der Waals surface area (Å²) in [7, 11) is 3.30. The fourth-order valence-corrected chi connectivity index (χ4v) is 3.68. The molecule has 1 aliphatic rings. The highest BCUT2D eigenvalue weighted by atomic mass is 19.1. The van der Waals surface area contributed by atoms with Crippen LogP contribution < -0.4 is 5.73 Å². The van der Waals surface area contributed by atoms with Gasteiger partial charge in [-0.25, -0.2) is 13.9 Å². The van der Waals surface area contributed by atoms with E-state index in [2.05, 4.69) is 15.8 Å². The number of alkyl halides is 1. The summed E-state index contributed by atoms with van der Waals surface area (Å²) in [4.78, 5) is 32.6. The van der Waals surface area contributed by atoms with Crippen LogP contribution in [0.2, 0.25) is 0 Å². The van der Waals surface area contributed by atoms with Gasteiger partial charge in [-0.3, -0.25) is 9.59 Å². The van der Waals surface area contributed by atoms with Gasteiger partial charge in [0.05, 0.1) is 13.1 Å². The van der Waals surface area contributed by atoms with Crippen molar-refractivity contribution < 1.29 is 19.7 Å². The minimum Gasteiger partial charge on any atom is -0.348 e. The number of pyridine rings is 1. The Morgan fingerprint density at radius 1 is 1.13 bits per heavy atom. The topological polar surface area (TPSA) is 98.5 Å². The zero-order chi connectivity index (χ0) is 21.4. The van der Waals surface area contributed by atoms with Gasteiger partial charge in [-0.05, 0) is 23.3 Å². The van der Waals surface area contributed by atoms with Crippen molar-refractivity contribution in [2.45, 2.75) is 18.1 Å². The Kier molecular flexibility index (Phi) is 5.21. The van der Waals surface area contributed by atoms with Crippen molar-refractivity contribution in [2.75, 3.05) is 27.2 Å². The van der Waals surface area contributed by atoms with Crippen LogP contribution in [-0.4, -0.2) is 75.6 Å². The van der Waals surface area contributed by atoms with Crippen LogP contribution in [0.4, 0.5) is 4.39 Å². The first-order chi connectivity index (χ1) is 14.3. The fraction of sp³-hybridized carbons (Fsp3) is 0.333. The molecule has 8 nitrogen and oxygen atoms in total. The normalized spacial score (nSPS) is 16.2. The minimum absolute atomic E-state index is 0.0669. The zero-order valence-corrected chi connectivity index (χ0v) is 16.9. The standard InChI is InChI=1S/C21H23FN6O2/c1-26(2)20(29)18(19(23)21(30)27-10-16(22)11-27)14-5-3-13(4-6-14)15-7-8-17-24-12-25-28(17)9-15/h3-9,12,16,18-19H,10-11,23H2,1-2H3/p+1/t18-,19-/m0/s1. The van der Waals surface area contributed by atoms with E-state index in [0.29, 0.717) is 5.56 Å². The van der Waals surface area contributed by atoms with Crippen LogP contribution in [-0.2, 0) is 9.59 Å². The molecule has 3 N–H and O–H groups in total. The SMILES string of the molecule is CN(C)C(=O)[C@@H](c1ccc(-c2ccc3ncnn3c2)cc1)[C@H]([NH3+])C(=O)N1CC(F)C1. The Morgan fingerprint density at radius 2 is 1.80 bits per heavy atom. The number of quaternary nitrogens is 1. The van der Waals surface area contributed by atoms with Crippen LogP contribution in [0.1, 0.15) is 11.5 Å². The number of halogens is 1. The second-order valence-corrected chi connectivity index (χ2v) is 7.76. The Labute approximate surface area is 173 Å². The molecule has 0 spiro atoms. The van der Waals surface area contributed by atoms with E-state index in [9.17, 15) is 14.0 Å². The highest BCUT2D eigenvalue weighted by molar-refractivity contribution is 5.93. The van der Waals surface area contributed by atoms with Gasteiger partial charge in [0, 0.05) is 25.9 Å². The molecule has 30 heavy (non-hydrogen) atoms. The average molecular weight is 411 g/mol. The lowest BCUT2D eigenvalue weighted by atomic mass is 9.88. The first kappa shape index (κ1) is 20.0. The molecule has 156 valence electrons. The quantitative estimate of drug-likeness (QED) is 0.655. The van der Waals surface area contributed by atoms with E-state index in [1.807, 2.05) is 42.6 Å². The van der Waals surface area contributed by atoms with Gasteiger partial charge >= 0.3 is 0 Å². The first-order valence-electron chi connectivity index (χ1n) is 9.72. The lowest BCUT2D eigenvalue weighted by Crippen LogP contribution is -2.73. The largest absolute Gasteiger partial charge is 0.348 e. The van der Waals surface area contributed by atoms with Crippen LogP contribution in [0.5, 0.6) is 0 Å². The first-order valence-corrected chi connectivity index (χ1v) is 9.72. The molecule has 4 rings (SSSR count). The molecule has 1 aromatic carbocycles. The van der Waals surface area contributed by atoms with Gasteiger partial charge in [-0.15, -0.1) is 0 Å². The number of amides is 2. The van der Waals surface area contributed by atoms with Crippen LogP contribution in [0.25, 0.3) is 16.8 Å². The molecule has 1 fully saturated rings. The molecule has 2 amide bonds. The average Bonchev–Trinajstić information content (AvgIpc) is 3.19. The van der Waals surface area contributed by atoms with Crippen molar-refractivity contribution in [3.8, 4) is 11.1 Å². The molecule has 1 aliphatic heterocycles. The summed E-state index contributed by atoms with van der Waals surface area (Å²) < 4.78 is 14.9. The summed E-state index contributed by atoms with van der Waals surface area (Å²) in [6.07, 6.45) is 2.38. The number of rotatable bonds is 5. The van der Waals surface area contributed by atoms with Gasteiger partial charge in [-0.1, -0.05) is 24.3 Å². The van der Waals surface area contributed by atoms with E-state index in [1.165, 1.54) is 16.1 Å². The monoisotopic (exact) mass is 411 g/mol. The number of likely N-dealkylation sites (tertiary alicyclic amines) is 1. The van der Waals surface area contributed by atoms with Gasteiger partial charge in [0.1, 0.15) is 18.4 Å². The lowest BCUT2D eigenvalue weighted by molar-refractivity contribution is -0.409. The molecule has 3 aromatic rings. The van der Waals surface area contributed by atoms with Crippen LogP contribution >= 0.6 is 0 Å². The van der Waals surface area contributed by atoms with Crippen molar-refractivity contribution in [1.82, 2.24) is 24.4 Å². The summed E-state index contributed by atoms with van der Waals surface area (Å²) >= 11 is 0. The number of nitrogens with zero attached hydrogens (tertiary/aromatic N) is 5. The minimum atomic E-state index is -0.995. The number of likely N-dealkylation sites (N-methyl/N-ethyl adjacent to an activating group) is 1. The van der Waals surface area contributed by atoms with Crippen molar-refractivity contribution in [3.63, 3.8) is 0 Å².